The maximum absolute atomic E-state index is 10.8. The molecule has 0 spiro atoms. The number of hydrogen-bond acceptors (Lipinski definition) is 2. The Hall–Kier alpha value is -2.61. The molecule has 2 aromatic carbocycles. The Morgan fingerprint density at radius 3 is 2.20 bits per heavy atom. The van der Waals surface area contributed by atoms with E-state index in [4.69, 9.17) is 4.98 Å². The summed E-state index contributed by atoms with van der Waals surface area (Å²) >= 11 is 0. The van der Waals surface area contributed by atoms with Gasteiger partial charge in [0.05, 0.1) is 5.69 Å². The van der Waals surface area contributed by atoms with E-state index in [9.17, 15) is 5.11 Å². The van der Waals surface area contributed by atoms with Crippen molar-refractivity contribution >= 4 is 0 Å². The van der Waals surface area contributed by atoms with Gasteiger partial charge < -0.3 is 5.11 Å². The number of benzene rings is 2. The van der Waals surface area contributed by atoms with Gasteiger partial charge >= 0.3 is 0 Å². The Bertz CT molecular complexity index is 863. The zero-order chi connectivity index (χ0) is 18.0. The molecule has 0 saturated carbocycles. The van der Waals surface area contributed by atoms with E-state index in [0.29, 0.717) is 5.75 Å². The number of phenols is 1. The molecule has 2 heteroatoms. The van der Waals surface area contributed by atoms with Crippen LogP contribution in [-0.4, -0.2) is 10.1 Å². The largest absolute Gasteiger partial charge is 0.507 e. The van der Waals surface area contributed by atoms with E-state index in [2.05, 4.69) is 39.8 Å². The average Bonchev–Trinajstić information content (AvgIpc) is 2.61. The summed E-state index contributed by atoms with van der Waals surface area (Å²) in [5.74, 6) is 0.529. The SMILES string of the molecule is CC(c1ccccc1)c1cccc(-c2cccc(C(C)(C)C)c2O)n1. The number of aromatic hydroxyl groups is 1. The number of phenolic OH excluding ortho intramolecular Hbond substituents is 1. The highest BCUT2D eigenvalue weighted by Gasteiger charge is 2.21. The number of nitrogens with zero attached hydrogens (tertiary/aromatic N) is 1. The van der Waals surface area contributed by atoms with Crippen LogP contribution >= 0.6 is 0 Å². The summed E-state index contributed by atoms with van der Waals surface area (Å²) in [4.78, 5) is 4.84. The van der Waals surface area contributed by atoms with Crippen molar-refractivity contribution in [2.24, 2.45) is 0 Å². The van der Waals surface area contributed by atoms with E-state index in [1.54, 1.807) is 0 Å². The molecule has 3 aromatic rings. The molecule has 1 unspecified atom stereocenters. The Morgan fingerprint density at radius 1 is 0.840 bits per heavy atom. The third-order valence-corrected chi connectivity index (χ3v) is 4.63. The van der Waals surface area contributed by atoms with Gasteiger partial charge in [-0.3, -0.25) is 4.98 Å². The fraction of sp³-hybridized carbons (Fsp3) is 0.261. The standard InChI is InChI=1S/C23H25NO/c1-16(17-10-6-5-7-11-17)20-14-9-15-21(24-20)18-12-8-13-19(22(18)25)23(2,3)4/h5-16,25H,1-4H3. The van der Waals surface area contributed by atoms with Crippen LogP contribution in [0.4, 0.5) is 0 Å². The van der Waals surface area contributed by atoms with E-state index in [0.717, 1.165) is 22.5 Å². The predicted molar refractivity (Wildman–Crippen MR) is 104 cm³/mol. The number of hydrogen-bond donors (Lipinski definition) is 1. The summed E-state index contributed by atoms with van der Waals surface area (Å²) in [5, 5.41) is 10.8. The number of rotatable bonds is 3. The van der Waals surface area contributed by atoms with Crippen LogP contribution in [0.2, 0.25) is 0 Å². The van der Waals surface area contributed by atoms with Crippen molar-refractivity contribution in [2.75, 3.05) is 0 Å². The molecule has 25 heavy (non-hydrogen) atoms. The van der Waals surface area contributed by atoms with Crippen LogP contribution < -0.4 is 0 Å². The van der Waals surface area contributed by atoms with Crippen LogP contribution in [0.5, 0.6) is 5.75 Å². The first-order chi connectivity index (χ1) is 11.9. The third-order valence-electron chi connectivity index (χ3n) is 4.63. The van der Waals surface area contributed by atoms with Crippen molar-refractivity contribution in [3.63, 3.8) is 0 Å². The van der Waals surface area contributed by atoms with Gasteiger partial charge in [-0.25, -0.2) is 0 Å². The third kappa shape index (κ3) is 3.58. The number of para-hydroxylation sites is 1. The van der Waals surface area contributed by atoms with E-state index in [1.807, 2.05) is 54.6 Å². The molecule has 0 radical (unpaired) electrons. The summed E-state index contributed by atoms with van der Waals surface area (Å²) in [7, 11) is 0. The lowest BCUT2D eigenvalue weighted by Gasteiger charge is -2.22. The minimum absolute atomic E-state index is 0.116. The number of aromatic nitrogens is 1. The van der Waals surface area contributed by atoms with E-state index >= 15 is 0 Å². The van der Waals surface area contributed by atoms with Gasteiger partial charge in [0.25, 0.3) is 0 Å². The lowest BCUT2D eigenvalue weighted by Crippen LogP contribution is -2.11. The lowest BCUT2D eigenvalue weighted by molar-refractivity contribution is 0.448. The second-order valence-corrected chi connectivity index (χ2v) is 7.53. The zero-order valence-corrected chi connectivity index (χ0v) is 15.3. The van der Waals surface area contributed by atoms with Crippen molar-refractivity contribution < 1.29 is 5.11 Å². The van der Waals surface area contributed by atoms with Gasteiger partial charge in [0.1, 0.15) is 5.75 Å². The lowest BCUT2D eigenvalue weighted by atomic mass is 9.85. The molecule has 1 aromatic heterocycles. The van der Waals surface area contributed by atoms with Crippen LogP contribution in [0.1, 0.15) is 50.4 Å². The van der Waals surface area contributed by atoms with Crippen LogP contribution in [0.25, 0.3) is 11.3 Å². The monoisotopic (exact) mass is 331 g/mol. The van der Waals surface area contributed by atoms with Crippen LogP contribution in [0.3, 0.4) is 0 Å². The highest BCUT2D eigenvalue weighted by molar-refractivity contribution is 5.69. The Balaban J connectivity index is 2.03. The van der Waals surface area contributed by atoms with Gasteiger partial charge in [0, 0.05) is 17.2 Å². The Labute approximate surface area is 150 Å². The molecule has 0 bridgehead atoms. The summed E-state index contributed by atoms with van der Waals surface area (Å²) in [5.41, 5.74) is 4.66. The molecule has 128 valence electrons. The quantitative estimate of drug-likeness (QED) is 0.648. The molecule has 0 aliphatic rings. The van der Waals surface area contributed by atoms with E-state index in [-0.39, 0.29) is 11.3 Å². The van der Waals surface area contributed by atoms with Gasteiger partial charge in [-0.15, -0.1) is 0 Å². The molecule has 0 saturated heterocycles. The molecule has 3 rings (SSSR count). The van der Waals surface area contributed by atoms with Crippen molar-refractivity contribution in [2.45, 2.75) is 39.0 Å². The first-order valence-corrected chi connectivity index (χ1v) is 8.72. The maximum atomic E-state index is 10.8. The summed E-state index contributed by atoms with van der Waals surface area (Å²) in [6, 6.07) is 22.3. The van der Waals surface area contributed by atoms with Gasteiger partial charge in [-0.2, -0.15) is 0 Å². The summed E-state index contributed by atoms with van der Waals surface area (Å²) in [6.45, 7) is 8.47. The van der Waals surface area contributed by atoms with Gasteiger partial charge in [-0.1, -0.05) is 76.2 Å². The van der Waals surface area contributed by atoms with Gasteiger partial charge in [0.2, 0.25) is 0 Å². The minimum Gasteiger partial charge on any atom is -0.507 e. The minimum atomic E-state index is -0.116. The van der Waals surface area contributed by atoms with E-state index < -0.39 is 0 Å². The predicted octanol–water partition coefficient (Wildman–Crippen LogP) is 5.90. The summed E-state index contributed by atoms with van der Waals surface area (Å²) in [6.07, 6.45) is 0. The van der Waals surface area contributed by atoms with E-state index in [1.165, 1.54) is 5.56 Å². The normalized spacial score (nSPS) is 12.8. The van der Waals surface area contributed by atoms with Crippen LogP contribution in [-0.2, 0) is 5.41 Å². The second-order valence-electron chi connectivity index (χ2n) is 7.53. The van der Waals surface area contributed by atoms with Crippen molar-refractivity contribution in [3.05, 3.63) is 83.6 Å². The van der Waals surface area contributed by atoms with Crippen LogP contribution in [0.15, 0.2) is 66.7 Å². The molecule has 0 fully saturated rings. The first kappa shape index (κ1) is 17.2. The molecular weight excluding hydrogens is 306 g/mol. The number of pyridine rings is 1. The fourth-order valence-corrected chi connectivity index (χ4v) is 3.11. The fourth-order valence-electron chi connectivity index (χ4n) is 3.11. The average molecular weight is 331 g/mol. The Morgan fingerprint density at radius 2 is 1.52 bits per heavy atom. The highest BCUT2D eigenvalue weighted by Crippen LogP contribution is 2.38. The topological polar surface area (TPSA) is 33.1 Å². The van der Waals surface area contributed by atoms with Crippen LogP contribution in [0, 0.1) is 0 Å². The van der Waals surface area contributed by atoms with Crippen molar-refractivity contribution in [1.29, 1.82) is 0 Å². The Kier molecular flexibility index (Phi) is 4.63. The molecular formula is C23H25NO. The van der Waals surface area contributed by atoms with Crippen molar-refractivity contribution in [3.8, 4) is 17.0 Å². The molecule has 2 nitrogen and oxygen atoms in total. The maximum Gasteiger partial charge on any atom is 0.128 e. The van der Waals surface area contributed by atoms with Gasteiger partial charge in [-0.05, 0) is 34.7 Å². The molecule has 1 N–H and O–H groups in total. The zero-order valence-electron chi connectivity index (χ0n) is 15.3. The molecule has 1 heterocycles. The highest BCUT2D eigenvalue weighted by atomic mass is 16.3. The molecule has 1 atom stereocenters. The van der Waals surface area contributed by atoms with Gasteiger partial charge in [0.15, 0.2) is 0 Å². The smallest absolute Gasteiger partial charge is 0.128 e. The molecule has 0 aliphatic heterocycles. The first-order valence-electron chi connectivity index (χ1n) is 8.72. The second kappa shape index (κ2) is 6.72. The summed E-state index contributed by atoms with van der Waals surface area (Å²) < 4.78 is 0. The molecule has 0 aliphatic carbocycles. The molecule has 0 amide bonds. The van der Waals surface area contributed by atoms with Crippen molar-refractivity contribution in [1.82, 2.24) is 4.98 Å².